The molecule has 8 heteroatoms. The van der Waals surface area contributed by atoms with Crippen LogP contribution in [-0.4, -0.2) is 42.2 Å². The van der Waals surface area contributed by atoms with Gasteiger partial charge in [0.25, 0.3) is 5.69 Å². The minimum Gasteiger partial charge on any atom is -0.493 e. The van der Waals surface area contributed by atoms with Gasteiger partial charge in [0, 0.05) is 37.5 Å². The predicted octanol–water partition coefficient (Wildman–Crippen LogP) is 2.72. The maximum atomic E-state index is 11.5. The fourth-order valence-electron chi connectivity index (χ4n) is 3.18. The summed E-state index contributed by atoms with van der Waals surface area (Å²) in [5.41, 5.74) is 0.571. The quantitative estimate of drug-likeness (QED) is 0.668. The number of rotatable bonds is 5. The summed E-state index contributed by atoms with van der Waals surface area (Å²) in [6, 6.07) is 3.10. The van der Waals surface area contributed by atoms with Crippen LogP contribution in [-0.2, 0) is 0 Å². The van der Waals surface area contributed by atoms with E-state index in [4.69, 9.17) is 9.47 Å². The normalized spacial score (nSPS) is 17.6. The average Bonchev–Trinajstić information content (AvgIpc) is 3.15. The van der Waals surface area contributed by atoms with Crippen molar-refractivity contribution in [1.82, 2.24) is 9.97 Å². The molecule has 8 nitrogen and oxygen atoms in total. The van der Waals surface area contributed by atoms with E-state index in [1.54, 1.807) is 18.5 Å². The first-order chi connectivity index (χ1) is 11.6. The van der Waals surface area contributed by atoms with E-state index < -0.39 is 0 Å². The number of methoxy groups -OCH3 is 2. The van der Waals surface area contributed by atoms with E-state index in [0.717, 1.165) is 25.2 Å². The Morgan fingerprint density at radius 2 is 2.08 bits per heavy atom. The molecule has 1 aliphatic rings. The SMILES string of the molecule is COc1cc(N2CCCC(c3ncc[nH]3)C2)c([N+](=O)[O-])cc1OC. The Bertz CT molecular complexity index is 717. The average molecular weight is 332 g/mol. The van der Waals surface area contributed by atoms with E-state index in [9.17, 15) is 10.1 Å². The molecule has 0 bridgehead atoms. The molecule has 2 heterocycles. The number of aromatic nitrogens is 2. The summed E-state index contributed by atoms with van der Waals surface area (Å²) < 4.78 is 10.5. The number of nitro groups is 1. The molecule has 1 atom stereocenters. The van der Waals surface area contributed by atoms with Crippen molar-refractivity contribution in [2.24, 2.45) is 0 Å². The molecule has 3 rings (SSSR count). The van der Waals surface area contributed by atoms with Gasteiger partial charge in [0.1, 0.15) is 11.5 Å². The largest absolute Gasteiger partial charge is 0.493 e. The molecule has 1 aliphatic heterocycles. The van der Waals surface area contributed by atoms with Crippen molar-refractivity contribution in [3.8, 4) is 11.5 Å². The summed E-state index contributed by atoms with van der Waals surface area (Å²) in [4.78, 5) is 20.6. The third-order valence-electron chi connectivity index (χ3n) is 4.35. The van der Waals surface area contributed by atoms with Crippen LogP contribution in [0, 0.1) is 10.1 Å². The lowest BCUT2D eigenvalue weighted by molar-refractivity contribution is -0.384. The highest BCUT2D eigenvalue weighted by atomic mass is 16.6. The number of benzene rings is 1. The minimum atomic E-state index is -0.381. The number of nitrogens with zero attached hydrogens (tertiary/aromatic N) is 3. The third-order valence-corrected chi connectivity index (χ3v) is 4.35. The summed E-state index contributed by atoms with van der Waals surface area (Å²) in [7, 11) is 2.99. The predicted molar refractivity (Wildman–Crippen MR) is 89.0 cm³/mol. The molecular weight excluding hydrogens is 312 g/mol. The van der Waals surface area contributed by atoms with E-state index >= 15 is 0 Å². The van der Waals surface area contributed by atoms with Crippen LogP contribution in [0.2, 0.25) is 0 Å². The molecule has 0 radical (unpaired) electrons. The van der Waals surface area contributed by atoms with E-state index in [1.165, 1.54) is 20.3 Å². The van der Waals surface area contributed by atoms with Crippen LogP contribution in [0.15, 0.2) is 24.5 Å². The van der Waals surface area contributed by atoms with E-state index in [-0.39, 0.29) is 16.5 Å². The summed E-state index contributed by atoms with van der Waals surface area (Å²) >= 11 is 0. The Balaban J connectivity index is 1.96. The Kier molecular flexibility index (Phi) is 4.54. The fraction of sp³-hybridized carbons (Fsp3) is 0.438. The van der Waals surface area contributed by atoms with Crippen LogP contribution in [0.25, 0.3) is 0 Å². The molecule has 1 N–H and O–H groups in total. The maximum absolute atomic E-state index is 11.5. The van der Waals surface area contributed by atoms with Crippen molar-refractivity contribution >= 4 is 11.4 Å². The van der Waals surface area contributed by atoms with Gasteiger partial charge in [-0.05, 0) is 12.8 Å². The van der Waals surface area contributed by atoms with Crippen LogP contribution < -0.4 is 14.4 Å². The first-order valence-corrected chi connectivity index (χ1v) is 7.78. The van der Waals surface area contributed by atoms with Gasteiger partial charge in [0.15, 0.2) is 11.5 Å². The zero-order valence-electron chi connectivity index (χ0n) is 13.7. The van der Waals surface area contributed by atoms with E-state index in [0.29, 0.717) is 23.7 Å². The Morgan fingerprint density at radius 3 is 2.71 bits per heavy atom. The maximum Gasteiger partial charge on any atom is 0.296 e. The van der Waals surface area contributed by atoms with Crippen LogP contribution in [0.5, 0.6) is 11.5 Å². The van der Waals surface area contributed by atoms with Gasteiger partial charge in [-0.15, -0.1) is 0 Å². The monoisotopic (exact) mass is 332 g/mol. The molecule has 24 heavy (non-hydrogen) atoms. The highest BCUT2D eigenvalue weighted by Gasteiger charge is 2.29. The summed E-state index contributed by atoms with van der Waals surface area (Å²) in [6.07, 6.45) is 5.47. The van der Waals surface area contributed by atoms with Gasteiger partial charge in [-0.3, -0.25) is 10.1 Å². The molecule has 1 aromatic heterocycles. The first-order valence-electron chi connectivity index (χ1n) is 7.78. The zero-order valence-corrected chi connectivity index (χ0v) is 13.7. The number of nitro benzene ring substituents is 1. The second-order valence-corrected chi connectivity index (χ2v) is 5.71. The number of hydrogen-bond donors (Lipinski definition) is 1. The molecule has 1 saturated heterocycles. The number of anilines is 1. The second-order valence-electron chi connectivity index (χ2n) is 5.71. The number of aromatic amines is 1. The molecular formula is C16H20N4O4. The van der Waals surface area contributed by atoms with Crippen LogP contribution in [0.3, 0.4) is 0 Å². The van der Waals surface area contributed by atoms with Gasteiger partial charge in [-0.2, -0.15) is 0 Å². The van der Waals surface area contributed by atoms with Crippen molar-refractivity contribution in [2.75, 3.05) is 32.2 Å². The zero-order chi connectivity index (χ0) is 17.1. The standard InChI is InChI=1S/C16H20N4O4/c1-23-14-8-12(13(20(21)22)9-15(14)24-2)19-7-3-4-11(10-19)16-17-5-6-18-16/h5-6,8-9,11H,3-4,7,10H2,1-2H3,(H,17,18). The summed E-state index contributed by atoms with van der Waals surface area (Å²) in [6.45, 7) is 1.43. The van der Waals surface area contributed by atoms with Crippen LogP contribution in [0.4, 0.5) is 11.4 Å². The number of H-pyrrole nitrogens is 1. The van der Waals surface area contributed by atoms with Gasteiger partial charge in [0.2, 0.25) is 0 Å². The Hall–Kier alpha value is -2.77. The number of ether oxygens (including phenoxy) is 2. The highest BCUT2D eigenvalue weighted by molar-refractivity contribution is 5.70. The van der Waals surface area contributed by atoms with Crippen LogP contribution >= 0.6 is 0 Å². The van der Waals surface area contributed by atoms with Gasteiger partial charge in [-0.1, -0.05) is 0 Å². The Labute approximate surface area is 139 Å². The molecule has 0 spiro atoms. The molecule has 0 saturated carbocycles. The molecule has 1 unspecified atom stereocenters. The topological polar surface area (TPSA) is 93.5 Å². The number of nitrogens with one attached hydrogen (secondary N) is 1. The lowest BCUT2D eigenvalue weighted by Crippen LogP contribution is -2.35. The molecule has 2 aromatic rings. The fourth-order valence-corrected chi connectivity index (χ4v) is 3.18. The lowest BCUT2D eigenvalue weighted by atomic mass is 9.96. The van der Waals surface area contributed by atoms with Crippen LogP contribution in [0.1, 0.15) is 24.6 Å². The van der Waals surface area contributed by atoms with Gasteiger partial charge < -0.3 is 19.4 Å². The summed E-state index contributed by atoms with van der Waals surface area (Å²) in [5, 5.41) is 11.5. The lowest BCUT2D eigenvalue weighted by Gasteiger charge is -2.33. The van der Waals surface area contributed by atoms with Crippen molar-refractivity contribution in [1.29, 1.82) is 0 Å². The van der Waals surface area contributed by atoms with Crippen molar-refractivity contribution in [3.63, 3.8) is 0 Å². The van der Waals surface area contributed by atoms with Crippen molar-refractivity contribution < 1.29 is 14.4 Å². The highest BCUT2D eigenvalue weighted by Crippen LogP contribution is 2.41. The molecule has 1 fully saturated rings. The van der Waals surface area contributed by atoms with Gasteiger partial charge >= 0.3 is 0 Å². The molecule has 128 valence electrons. The molecule has 1 aromatic carbocycles. The number of hydrogen-bond acceptors (Lipinski definition) is 6. The third kappa shape index (κ3) is 2.99. The smallest absolute Gasteiger partial charge is 0.296 e. The van der Waals surface area contributed by atoms with Gasteiger partial charge in [0.05, 0.1) is 25.2 Å². The van der Waals surface area contributed by atoms with Gasteiger partial charge in [-0.25, -0.2) is 4.98 Å². The second kappa shape index (κ2) is 6.77. The molecule has 0 amide bonds. The Morgan fingerprint density at radius 1 is 1.33 bits per heavy atom. The number of imidazole rings is 1. The van der Waals surface area contributed by atoms with Crippen molar-refractivity contribution in [2.45, 2.75) is 18.8 Å². The molecule has 0 aliphatic carbocycles. The number of piperidine rings is 1. The van der Waals surface area contributed by atoms with E-state index in [2.05, 4.69) is 9.97 Å². The van der Waals surface area contributed by atoms with Crippen molar-refractivity contribution in [3.05, 3.63) is 40.5 Å². The van der Waals surface area contributed by atoms with E-state index in [1.807, 2.05) is 4.90 Å². The summed E-state index contributed by atoms with van der Waals surface area (Å²) in [5.74, 6) is 1.98. The minimum absolute atomic E-state index is 0.0211. The first kappa shape index (κ1) is 16.1.